The number of nitrogens with one attached hydrogen (secondary N) is 1. The SMILES string of the molecule is CC(C)c1ccccc1OCCNC(=O)C1COc2ccccc2O1. The normalized spacial score (nSPS) is 15.7. The van der Waals surface area contributed by atoms with Crippen LogP contribution in [0.5, 0.6) is 17.2 Å². The van der Waals surface area contributed by atoms with Crippen LogP contribution in [0.25, 0.3) is 0 Å². The van der Waals surface area contributed by atoms with Crippen molar-refractivity contribution in [3.8, 4) is 17.2 Å². The third-order valence-corrected chi connectivity index (χ3v) is 4.00. The molecule has 2 aromatic carbocycles. The number of hydrogen-bond donors (Lipinski definition) is 1. The highest BCUT2D eigenvalue weighted by Crippen LogP contribution is 2.30. The van der Waals surface area contributed by atoms with E-state index >= 15 is 0 Å². The first-order valence-corrected chi connectivity index (χ1v) is 8.53. The summed E-state index contributed by atoms with van der Waals surface area (Å²) in [5.74, 6) is 2.31. The zero-order valence-electron chi connectivity index (χ0n) is 14.5. The number of carbonyl (C=O) groups excluding carboxylic acids is 1. The maximum Gasteiger partial charge on any atom is 0.264 e. The van der Waals surface area contributed by atoms with Crippen LogP contribution < -0.4 is 19.5 Å². The molecule has 5 heteroatoms. The molecule has 1 unspecified atom stereocenters. The van der Waals surface area contributed by atoms with Crippen LogP contribution in [0.1, 0.15) is 25.3 Å². The monoisotopic (exact) mass is 341 g/mol. The Morgan fingerprint density at radius 3 is 2.68 bits per heavy atom. The van der Waals surface area contributed by atoms with Gasteiger partial charge in [-0.15, -0.1) is 0 Å². The van der Waals surface area contributed by atoms with Gasteiger partial charge >= 0.3 is 0 Å². The number of para-hydroxylation sites is 3. The average Bonchev–Trinajstić information content (AvgIpc) is 2.64. The summed E-state index contributed by atoms with van der Waals surface area (Å²) >= 11 is 0. The molecule has 5 nitrogen and oxygen atoms in total. The van der Waals surface area contributed by atoms with Gasteiger partial charge in [-0.1, -0.05) is 44.2 Å². The maximum atomic E-state index is 12.2. The molecule has 0 spiro atoms. The second-order valence-electron chi connectivity index (χ2n) is 6.20. The lowest BCUT2D eigenvalue weighted by Gasteiger charge is -2.25. The molecule has 1 heterocycles. The molecule has 3 rings (SSSR count). The van der Waals surface area contributed by atoms with Gasteiger partial charge in [0.05, 0.1) is 6.54 Å². The highest BCUT2D eigenvalue weighted by molar-refractivity contribution is 5.81. The van der Waals surface area contributed by atoms with Crippen molar-refractivity contribution in [2.45, 2.75) is 25.9 Å². The Balaban J connectivity index is 1.46. The van der Waals surface area contributed by atoms with Crippen molar-refractivity contribution in [3.05, 3.63) is 54.1 Å². The fraction of sp³-hybridized carbons (Fsp3) is 0.350. The lowest BCUT2D eigenvalue weighted by Crippen LogP contribution is -2.45. The van der Waals surface area contributed by atoms with Crippen LogP contribution in [0.4, 0.5) is 0 Å². The van der Waals surface area contributed by atoms with E-state index in [1.165, 1.54) is 0 Å². The first-order chi connectivity index (χ1) is 12.1. The molecule has 1 aliphatic rings. The van der Waals surface area contributed by atoms with Crippen molar-refractivity contribution in [3.63, 3.8) is 0 Å². The molecule has 0 bridgehead atoms. The third-order valence-electron chi connectivity index (χ3n) is 4.00. The predicted octanol–water partition coefficient (Wildman–Crippen LogP) is 3.15. The lowest BCUT2D eigenvalue weighted by molar-refractivity contribution is -0.130. The minimum Gasteiger partial charge on any atom is -0.491 e. The smallest absolute Gasteiger partial charge is 0.264 e. The van der Waals surface area contributed by atoms with E-state index in [-0.39, 0.29) is 12.5 Å². The second-order valence-corrected chi connectivity index (χ2v) is 6.20. The summed E-state index contributed by atoms with van der Waals surface area (Å²) in [5, 5.41) is 2.83. The molecule has 0 saturated carbocycles. The van der Waals surface area contributed by atoms with E-state index in [1.807, 2.05) is 36.4 Å². The molecule has 0 fully saturated rings. The largest absolute Gasteiger partial charge is 0.491 e. The molecule has 1 amide bonds. The van der Waals surface area contributed by atoms with Gasteiger partial charge in [0.25, 0.3) is 5.91 Å². The second kappa shape index (κ2) is 7.92. The molecule has 25 heavy (non-hydrogen) atoms. The van der Waals surface area contributed by atoms with Gasteiger partial charge in [-0.2, -0.15) is 0 Å². The quantitative estimate of drug-likeness (QED) is 0.820. The Morgan fingerprint density at radius 1 is 1.16 bits per heavy atom. The molecule has 0 saturated heterocycles. The summed E-state index contributed by atoms with van der Waals surface area (Å²) in [6, 6.07) is 15.3. The molecule has 1 atom stereocenters. The summed E-state index contributed by atoms with van der Waals surface area (Å²) in [6.45, 7) is 5.27. The number of benzene rings is 2. The van der Waals surface area contributed by atoms with Crippen LogP contribution in [-0.2, 0) is 4.79 Å². The van der Waals surface area contributed by atoms with Crippen LogP contribution in [0, 0.1) is 0 Å². The van der Waals surface area contributed by atoms with Gasteiger partial charge in [-0.05, 0) is 29.7 Å². The number of hydrogen-bond acceptors (Lipinski definition) is 4. The Kier molecular flexibility index (Phi) is 5.43. The van der Waals surface area contributed by atoms with Gasteiger partial charge in [0, 0.05) is 0 Å². The van der Waals surface area contributed by atoms with Gasteiger partial charge in [-0.25, -0.2) is 0 Å². The molecule has 0 aliphatic carbocycles. The van der Waals surface area contributed by atoms with E-state index in [4.69, 9.17) is 14.2 Å². The van der Waals surface area contributed by atoms with Crippen LogP contribution in [-0.4, -0.2) is 31.8 Å². The van der Waals surface area contributed by atoms with Gasteiger partial charge in [-0.3, -0.25) is 4.79 Å². The van der Waals surface area contributed by atoms with Crippen molar-refractivity contribution in [2.24, 2.45) is 0 Å². The zero-order chi connectivity index (χ0) is 17.6. The van der Waals surface area contributed by atoms with Gasteiger partial charge in [0.2, 0.25) is 6.10 Å². The predicted molar refractivity (Wildman–Crippen MR) is 95.4 cm³/mol. The van der Waals surface area contributed by atoms with Crippen molar-refractivity contribution < 1.29 is 19.0 Å². The Morgan fingerprint density at radius 2 is 1.88 bits per heavy atom. The van der Waals surface area contributed by atoms with Gasteiger partial charge in [0.15, 0.2) is 11.5 Å². The molecule has 1 N–H and O–H groups in total. The molecular formula is C20H23NO4. The number of carbonyl (C=O) groups is 1. The topological polar surface area (TPSA) is 56.8 Å². The standard InChI is InChI=1S/C20H23NO4/c1-14(2)15-7-3-4-8-16(15)23-12-11-21-20(22)19-13-24-17-9-5-6-10-18(17)25-19/h3-10,14,19H,11-13H2,1-2H3,(H,21,22). The van der Waals surface area contributed by atoms with Crippen LogP contribution in [0.3, 0.4) is 0 Å². The Hall–Kier alpha value is -2.69. The van der Waals surface area contributed by atoms with Crippen molar-refractivity contribution in [2.75, 3.05) is 19.8 Å². The van der Waals surface area contributed by atoms with Gasteiger partial charge < -0.3 is 19.5 Å². The number of rotatable bonds is 6. The maximum absolute atomic E-state index is 12.2. The van der Waals surface area contributed by atoms with Gasteiger partial charge in [0.1, 0.15) is 19.0 Å². The van der Waals surface area contributed by atoms with Crippen LogP contribution in [0.15, 0.2) is 48.5 Å². The molecule has 0 radical (unpaired) electrons. The van der Waals surface area contributed by atoms with E-state index in [9.17, 15) is 4.79 Å². The Bertz CT molecular complexity index is 729. The van der Waals surface area contributed by atoms with E-state index in [0.717, 1.165) is 11.3 Å². The third kappa shape index (κ3) is 4.24. The molecule has 1 aliphatic heterocycles. The summed E-state index contributed by atoms with van der Waals surface area (Å²) < 4.78 is 17.0. The van der Waals surface area contributed by atoms with Crippen molar-refractivity contribution >= 4 is 5.91 Å². The van der Waals surface area contributed by atoms with Crippen molar-refractivity contribution in [1.29, 1.82) is 0 Å². The van der Waals surface area contributed by atoms with E-state index in [1.54, 1.807) is 6.07 Å². The fourth-order valence-corrected chi connectivity index (χ4v) is 2.69. The first-order valence-electron chi connectivity index (χ1n) is 8.53. The van der Waals surface area contributed by atoms with Crippen LogP contribution >= 0.6 is 0 Å². The van der Waals surface area contributed by atoms with Crippen LogP contribution in [0.2, 0.25) is 0 Å². The zero-order valence-corrected chi connectivity index (χ0v) is 14.5. The minimum absolute atomic E-state index is 0.199. The number of amides is 1. The molecule has 132 valence electrons. The summed E-state index contributed by atoms with van der Waals surface area (Å²) in [5.41, 5.74) is 1.16. The van der Waals surface area contributed by atoms with E-state index in [2.05, 4.69) is 25.2 Å². The summed E-state index contributed by atoms with van der Waals surface area (Å²) in [7, 11) is 0. The molecule has 0 aromatic heterocycles. The molecule has 2 aromatic rings. The Labute approximate surface area is 147 Å². The van der Waals surface area contributed by atoms with E-state index in [0.29, 0.717) is 30.6 Å². The highest BCUT2D eigenvalue weighted by Gasteiger charge is 2.26. The number of ether oxygens (including phenoxy) is 3. The van der Waals surface area contributed by atoms with E-state index < -0.39 is 6.10 Å². The lowest BCUT2D eigenvalue weighted by atomic mass is 10.0. The minimum atomic E-state index is -0.641. The fourth-order valence-electron chi connectivity index (χ4n) is 2.69. The summed E-state index contributed by atoms with van der Waals surface area (Å²) in [6.07, 6.45) is -0.641. The number of fused-ring (bicyclic) bond motifs is 1. The summed E-state index contributed by atoms with van der Waals surface area (Å²) in [4.78, 5) is 12.2. The highest BCUT2D eigenvalue weighted by atomic mass is 16.6. The first kappa shape index (κ1) is 17.1. The van der Waals surface area contributed by atoms with Crippen molar-refractivity contribution in [1.82, 2.24) is 5.32 Å². The molecular weight excluding hydrogens is 318 g/mol. The average molecular weight is 341 g/mol.